The molecule has 0 aliphatic carbocycles. The van der Waals surface area contributed by atoms with Gasteiger partial charge < -0.3 is 10.1 Å². The maximum absolute atomic E-state index is 11.7. The minimum atomic E-state index is -2.90. The lowest BCUT2D eigenvalue weighted by Gasteiger charge is -2.25. The summed E-state index contributed by atoms with van der Waals surface area (Å²) in [6.07, 6.45) is 2.38. The van der Waals surface area contributed by atoms with E-state index in [1.54, 1.807) is 13.3 Å². The molecule has 1 saturated heterocycles. The Bertz CT molecular complexity index is 565. The fourth-order valence-corrected chi connectivity index (χ4v) is 4.74. The molecule has 0 bridgehead atoms. The van der Waals surface area contributed by atoms with Gasteiger partial charge in [0.1, 0.15) is 0 Å². The van der Waals surface area contributed by atoms with Gasteiger partial charge in [-0.05, 0) is 33.2 Å². The van der Waals surface area contributed by atoms with Crippen LogP contribution in [0, 0.1) is 5.92 Å². The van der Waals surface area contributed by atoms with E-state index in [-0.39, 0.29) is 29.5 Å². The zero-order valence-corrected chi connectivity index (χ0v) is 13.3. The zero-order chi connectivity index (χ0) is 14.9. The van der Waals surface area contributed by atoms with E-state index in [1.807, 2.05) is 25.6 Å². The summed E-state index contributed by atoms with van der Waals surface area (Å²) < 4.78 is 30.8. The molecule has 1 aromatic rings. The molecule has 1 aliphatic rings. The van der Waals surface area contributed by atoms with E-state index in [0.717, 1.165) is 5.69 Å². The molecule has 0 radical (unpaired) electrons. The second-order valence-electron chi connectivity index (χ2n) is 5.57. The van der Waals surface area contributed by atoms with Crippen LogP contribution in [0.4, 0.5) is 0 Å². The number of aromatic nitrogens is 2. The highest BCUT2D eigenvalue weighted by atomic mass is 32.2. The third-order valence-electron chi connectivity index (χ3n) is 3.85. The van der Waals surface area contributed by atoms with E-state index in [1.165, 1.54) is 0 Å². The van der Waals surface area contributed by atoms with Crippen molar-refractivity contribution in [3.8, 4) is 5.75 Å². The number of nitrogens with zero attached hydrogens (tertiary/aromatic N) is 2. The molecular weight excluding hydrogens is 278 g/mol. The molecule has 1 aliphatic heterocycles. The smallest absolute Gasteiger partial charge is 0.161 e. The maximum atomic E-state index is 11.7. The first-order chi connectivity index (χ1) is 9.39. The highest BCUT2D eigenvalue weighted by Gasteiger charge is 2.37. The fraction of sp³-hybridized carbons (Fsp3) is 0.769. The van der Waals surface area contributed by atoms with Crippen LogP contribution in [-0.4, -0.2) is 43.9 Å². The number of methoxy groups -OCH3 is 1. The largest absolute Gasteiger partial charge is 0.493 e. The van der Waals surface area contributed by atoms with Gasteiger partial charge in [-0.1, -0.05) is 0 Å². The lowest BCUT2D eigenvalue weighted by Crippen LogP contribution is -2.29. The van der Waals surface area contributed by atoms with Gasteiger partial charge in [-0.2, -0.15) is 5.10 Å². The first-order valence-corrected chi connectivity index (χ1v) is 8.70. The summed E-state index contributed by atoms with van der Waals surface area (Å²) in [5.41, 5.74) is 0.937. The number of nitrogens with one attached hydrogen (secondary N) is 1. The summed E-state index contributed by atoms with van der Waals surface area (Å²) in [7, 11) is 0.563. The Balaban J connectivity index is 2.39. The van der Waals surface area contributed by atoms with Gasteiger partial charge in [0.25, 0.3) is 0 Å². The summed E-state index contributed by atoms with van der Waals surface area (Å²) >= 11 is 0. The SMILES string of the molecule is CNC(c1c(OC)cnn1C(C)C)C1CCS(=O)(=O)C1. The quantitative estimate of drug-likeness (QED) is 0.883. The van der Waals surface area contributed by atoms with Crippen molar-refractivity contribution in [3.63, 3.8) is 0 Å². The topological polar surface area (TPSA) is 73.2 Å². The molecule has 1 aromatic heterocycles. The van der Waals surface area contributed by atoms with E-state index in [9.17, 15) is 8.42 Å². The molecule has 7 heteroatoms. The Kier molecular flexibility index (Phi) is 4.39. The average Bonchev–Trinajstić information content (AvgIpc) is 2.94. The van der Waals surface area contributed by atoms with E-state index >= 15 is 0 Å². The highest BCUT2D eigenvalue weighted by Crippen LogP contribution is 2.36. The highest BCUT2D eigenvalue weighted by molar-refractivity contribution is 7.91. The van der Waals surface area contributed by atoms with Crippen LogP contribution >= 0.6 is 0 Å². The predicted octanol–water partition coefficient (Wildman–Crippen LogP) is 1.17. The van der Waals surface area contributed by atoms with Gasteiger partial charge in [0.15, 0.2) is 15.6 Å². The van der Waals surface area contributed by atoms with Gasteiger partial charge in [-0.25, -0.2) is 8.42 Å². The van der Waals surface area contributed by atoms with Crippen molar-refractivity contribution in [2.75, 3.05) is 25.7 Å². The lowest BCUT2D eigenvalue weighted by molar-refractivity contribution is 0.347. The van der Waals surface area contributed by atoms with E-state index in [4.69, 9.17) is 4.74 Å². The van der Waals surface area contributed by atoms with Crippen molar-refractivity contribution in [2.24, 2.45) is 5.92 Å². The van der Waals surface area contributed by atoms with Crippen molar-refractivity contribution >= 4 is 9.84 Å². The molecule has 2 heterocycles. The maximum Gasteiger partial charge on any atom is 0.161 e. The van der Waals surface area contributed by atoms with Gasteiger partial charge >= 0.3 is 0 Å². The molecule has 114 valence electrons. The summed E-state index contributed by atoms with van der Waals surface area (Å²) in [6.45, 7) is 4.10. The van der Waals surface area contributed by atoms with E-state index in [2.05, 4.69) is 10.4 Å². The van der Waals surface area contributed by atoms with Crippen molar-refractivity contribution < 1.29 is 13.2 Å². The Labute approximate surface area is 120 Å². The number of sulfone groups is 1. The third kappa shape index (κ3) is 2.83. The number of rotatable bonds is 5. The van der Waals surface area contributed by atoms with Crippen molar-refractivity contribution in [1.82, 2.24) is 15.1 Å². The first-order valence-electron chi connectivity index (χ1n) is 6.88. The molecule has 0 saturated carbocycles. The normalized spacial score (nSPS) is 23.1. The minimum absolute atomic E-state index is 0.0628. The zero-order valence-electron chi connectivity index (χ0n) is 12.5. The van der Waals surface area contributed by atoms with Crippen LogP contribution in [0.2, 0.25) is 0 Å². The Morgan fingerprint density at radius 3 is 2.65 bits per heavy atom. The van der Waals surface area contributed by atoms with E-state index in [0.29, 0.717) is 12.2 Å². The van der Waals surface area contributed by atoms with Crippen LogP contribution < -0.4 is 10.1 Å². The van der Waals surface area contributed by atoms with Gasteiger partial charge in [0.2, 0.25) is 0 Å². The van der Waals surface area contributed by atoms with Gasteiger partial charge in [0, 0.05) is 6.04 Å². The molecule has 6 nitrogen and oxygen atoms in total. The van der Waals surface area contributed by atoms with Crippen LogP contribution in [0.1, 0.15) is 38.0 Å². The first kappa shape index (κ1) is 15.3. The standard InChI is InChI=1S/C13H23N3O3S/c1-9(2)16-13(11(19-4)7-15-16)12(14-3)10-5-6-20(17,18)8-10/h7,9-10,12,14H,5-6,8H2,1-4H3. The lowest BCUT2D eigenvalue weighted by atomic mass is 9.95. The summed E-state index contributed by atoms with van der Waals surface area (Å²) in [4.78, 5) is 0. The number of hydrogen-bond acceptors (Lipinski definition) is 5. The molecule has 2 atom stereocenters. The Morgan fingerprint density at radius 2 is 2.20 bits per heavy atom. The van der Waals surface area contributed by atoms with Gasteiger partial charge in [-0.3, -0.25) is 4.68 Å². The second-order valence-corrected chi connectivity index (χ2v) is 7.79. The second kappa shape index (κ2) is 5.73. The molecule has 0 amide bonds. The van der Waals surface area contributed by atoms with Crippen LogP contribution in [0.15, 0.2) is 6.20 Å². The fourth-order valence-electron chi connectivity index (χ4n) is 2.90. The monoisotopic (exact) mass is 301 g/mol. The minimum Gasteiger partial charge on any atom is -0.493 e. The van der Waals surface area contributed by atoms with Gasteiger partial charge in [-0.15, -0.1) is 0 Å². The summed E-state index contributed by atoms with van der Waals surface area (Å²) in [6, 6.07) is 0.134. The molecule has 20 heavy (non-hydrogen) atoms. The molecule has 0 spiro atoms. The van der Waals surface area contributed by atoms with Gasteiger partial charge in [0.05, 0.1) is 36.5 Å². The van der Waals surface area contributed by atoms with Crippen LogP contribution in [0.3, 0.4) is 0 Å². The van der Waals surface area contributed by atoms with Crippen LogP contribution in [0.25, 0.3) is 0 Å². The Morgan fingerprint density at radius 1 is 1.50 bits per heavy atom. The summed E-state index contributed by atoms with van der Waals surface area (Å²) in [5.74, 6) is 1.27. The van der Waals surface area contributed by atoms with Crippen molar-refractivity contribution in [3.05, 3.63) is 11.9 Å². The molecule has 2 unspecified atom stereocenters. The molecule has 0 aromatic carbocycles. The molecule has 1 fully saturated rings. The number of ether oxygens (including phenoxy) is 1. The van der Waals surface area contributed by atoms with Crippen molar-refractivity contribution in [2.45, 2.75) is 32.4 Å². The average molecular weight is 301 g/mol. The molecular formula is C13H23N3O3S. The third-order valence-corrected chi connectivity index (χ3v) is 5.65. The Hall–Kier alpha value is -1.08. The number of hydrogen-bond donors (Lipinski definition) is 1. The summed E-state index contributed by atoms with van der Waals surface area (Å²) in [5, 5.41) is 7.61. The van der Waals surface area contributed by atoms with Crippen molar-refractivity contribution in [1.29, 1.82) is 0 Å². The van der Waals surface area contributed by atoms with Crippen LogP contribution in [0.5, 0.6) is 5.75 Å². The van der Waals surface area contributed by atoms with E-state index < -0.39 is 9.84 Å². The molecule has 1 N–H and O–H groups in total. The molecule has 2 rings (SSSR count). The predicted molar refractivity (Wildman–Crippen MR) is 77.7 cm³/mol. The van der Waals surface area contributed by atoms with Crippen LogP contribution in [-0.2, 0) is 9.84 Å².